The molecule has 10 aromatic rings. The van der Waals surface area contributed by atoms with Crippen molar-refractivity contribution in [1.82, 2.24) is 14.5 Å². The van der Waals surface area contributed by atoms with E-state index in [-0.39, 0.29) is 5.41 Å². The molecular formula is C55H42N4Si. The molecule has 5 heteroatoms. The molecule has 60 heavy (non-hydrogen) atoms. The fourth-order valence-electron chi connectivity index (χ4n) is 9.97. The Morgan fingerprint density at radius 1 is 0.467 bits per heavy atom. The number of fused-ring (bicyclic) bond motifs is 6. The first-order valence-corrected chi connectivity index (χ1v) is 22.7. The van der Waals surface area contributed by atoms with Crippen LogP contribution in [0.1, 0.15) is 25.0 Å². The highest BCUT2D eigenvalue weighted by Crippen LogP contribution is 2.54. The summed E-state index contributed by atoms with van der Waals surface area (Å²) in [4.78, 5) is 12.4. The molecule has 0 aliphatic carbocycles. The van der Waals surface area contributed by atoms with Crippen LogP contribution in [0.5, 0.6) is 0 Å². The van der Waals surface area contributed by atoms with Gasteiger partial charge in [-0.2, -0.15) is 0 Å². The topological polar surface area (TPSA) is 34.0 Å². The molecule has 286 valence electrons. The van der Waals surface area contributed by atoms with Crippen molar-refractivity contribution < 1.29 is 0 Å². The van der Waals surface area contributed by atoms with Crippen molar-refractivity contribution in [3.05, 3.63) is 230 Å². The Morgan fingerprint density at radius 2 is 1.08 bits per heavy atom. The molecule has 1 aliphatic heterocycles. The van der Waals surface area contributed by atoms with E-state index in [1.165, 1.54) is 53.7 Å². The lowest BCUT2D eigenvalue weighted by molar-refractivity contribution is 0.631. The number of nitrogens with zero attached hydrogens (tertiary/aromatic N) is 4. The maximum Gasteiger partial charge on any atom is 0.179 e. The van der Waals surface area contributed by atoms with Crippen molar-refractivity contribution >= 4 is 67.8 Å². The lowest BCUT2D eigenvalue weighted by Gasteiger charge is -2.42. The van der Waals surface area contributed by atoms with Gasteiger partial charge in [0.15, 0.2) is 8.07 Å². The van der Waals surface area contributed by atoms with Crippen molar-refractivity contribution in [2.75, 3.05) is 4.90 Å². The summed E-state index contributed by atoms with van der Waals surface area (Å²) >= 11 is 0. The number of benzene rings is 7. The van der Waals surface area contributed by atoms with Gasteiger partial charge >= 0.3 is 0 Å². The molecular weight excluding hydrogens is 745 g/mol. The predicted octanol–water partition coefficient (Wildman–Crippen LogP) is 10.7. The average Bonchev–Trinajstić information content (AvgIpc) is 3.65. The quantitative estimate of drug-likeness (QED) is 0.119. The van der Waals surface area contributed by atoms with E-state index < -0.39 is 8.07 Å². The van der Waals surface area contributed by atoms with Gasteiger partial charge in [0.05, 0.1) is 22.4 Å². The van der Waals surface area contributed by atoms with Gasteiger partial charge in [-0.1, -0.05) is 166 Å². The zero-order valence-corrected chi connectivity index (χ0v) is 34.6. The minimum atomic E-state index is -2.97. The summed E-state index contributed by atoms with van der Waals surface area (Å²) in [6.45, 7) is 4.73. The third-order valence-electron chi connectivity index (χ3n) is 12.6. The summed E-state index contributed by atoms with van der Waals surface area (Å²) in [5.41, 5.74) is 9.96. The number of para-hydroxylation sites is 2. The van der Waals surface area contributed by atoms with E-state index in [1.807, 2.05) is 18.5 Å². The molecule has 0 bridgehead atoms. The number of aromatic nitrogens is 3. The Hall–Kier alpha value is -7.34. The standard InChI is InChI=1S/C55H42N4Si/c1-55(2)48-30-18-36-57-54(48)59(51-34-33-47-46-29-12-13-32-50(46)58(53(47)52(51)55)40-20-6-3-7-21-40)41-22-17-28-45(38-41)60(42-23-8-4-9-24-42,43-25-10-5-11-26-43)44-27-16-19-39(37-44)49-31-14-15-35-56-49/h3-38H,1-2H3. The van der Waals surface area contributed by atoms with E-state index in [2.05, 4.69) is 224 Å². The molecule has 1 aliphatic rings. The van der Waals surface area contributed by atoms with Gasteiger partial charge in [-0.3, -0.25) is 9.88 Å². The van der Waals surface area contributed by atoms with Gasteiger partial charge in [0.2, 0.25) is 0 Å². The third-order valence-corrected chi connectivity index (χ3v) is 17.3. The summed E-state index contributed by atoms with van der Waals surface area (Å²) in [5, 5.41) is 7.72. The molecule has 3 aromatic heterocycles. The highest BCUT2D eigenvalue weighted by molar-refractivity contribution is 7.20. The number of rotatable bonds is 7. The summed E-state index contributed by atoms with van der Waals surface area (Å²) in [6.07, 6.45) is 3.81. The molecule has 0 fully saturated rings. The molecule has 0 atom stereocenters. The SMILES string of the molecule is CC1(C)c2cccnc2N(c2cccc([Si](c3ccccc3)(c3ccccc3)c3cccc(-c4ccccn4)c3)c2)c2ccc3c4ccccc4n(-c4ccccc4)c3c21. The molecule has 0 saturated heterocycles. The summed E-state index contributed by atoms with van der Waals surface area (Å²) in [5.74, 6) is 0.956. The highest BCUT2D eigenvalue weighted by Gasteiger charge is 2.44. The fourth-order valence-corrected chi connectivity index (χ4v) is 14.8. The molecule has 11 rings (SSSR count). The lowest BCUT2D eigenvalue weighted by atomic mass is 9.73. The Balaban J connectivity index is 1.21. The number of hydrogen-bond acceptors (Lipinski definition) is 3. The number of hydrogen-bond donors (Lipinski definition) is 0. The summed E-state index contributed by atoms with van der Waals surface area (Å²) < 4.78 is 2.47. The van der Waals surface area contributed by atoms with Crippen molar-refractivity contribution in [3.8, 4) is 16.9 Å². The van der Waals surface area contributed by atoms with E-state index in [0.717, 1.165) is 34.1 Å². The first-order valence-electron chi connectivity index (χ1n) is 20.7. The van der Waals surface area contributed by atoms with Gasteiger partial charge in [-0.15, -0.1) is 0 Å². The van der Waals surface area contributed by atoms with Gasteiger partial charge in [0.25, 0.3) is 0 Å². The van der Waals surface area contributed by atoms with E-state index in [1.54, 1.807) is 0 Å². The monoisotopic (exact) mass is 786 g/mol. The first kappa shape index (κ1) is 35.8. The Morgan fingerprint density at radius 3 is 1.82 bits per heavy atom. The van der Waals surface area contributed by atoms with Crippen LogP contribution in [0.15, 0.2) is 219 Å². The molecule has 0 saturated carbocycles. The zero-order valence-electron chi connectivity index (χ0n) is 33.6. The number of pyridine rings is 2. The predicted molar refractivity (Wildman–Crippen MR) is 252 cm³/mol. The van der Waals surface area contributed by atoms with Gasteiger partial charge in [-0.25, -0.2) is 4.98 Å². The Kier molecular flexibility index (Phi) is 8.46. The maximum absolute atomic E-state index is 5.21. The second-order valence-electron chi connectivity index (χ2n) is 16.2. The molecule has 7 aromatic carbocycles. The van der Waals surface area contributed by atoms with Crippen LogP contribution < -0.4 is 25.6 Å². The van der Waals surface area contributed by atoms with E-state index in [0.29, 0.717) is 0 Å². The minimum absolute atomic E-state index is 0.369. The normalized spacial score (nSPS) is 13.3. The van der Waals surface area contributed by atoms with Crippen LogP contribution in [-0.4, -0.2) is 22.6 Å². The van der Waals surface area contributed by atoms with Crippen molar-refractivity contribution in [1.29, 1.82) is 0 Å². The van der Waals surface area contributed by atoms with Crippen LogP contribution in [-0.2, 0) is 5.41 Å². The van der Waals surface area contributed by atoms with Gasteiger partial charge < -0.3 is 4.57 Å². The van der Waals surface area contributed by atoms with Gasteiger partial charge in [0.1, 0.15) is 5.82 Å². The maximum atomic E-state index is 5.21. The van der Waals surface area contributed by atoms with Crippen molar-refractivity contribution in [3.63, 3.8) is 0 Å². The van der Waals surface area contributed by atoms with Crippen LogP contribution in [0.3, 0.4) is 0 Å². The molecule has 0 N–H and O–H groups in total. The molecule has 0 amide bonds. The fraction of sp³-hybridized carbons (Fsp3) is 0.0545. The molecule has 0 radical (unpaired) electrons. The highest BCUT2D eigenvalue weighted by atomic mass is 28.3. The summed E-state index contributed by atoms with van der Waals surface area (Å²) in [7, 11) is -2.97. The smallest absolute Gasteiger partial charge is 0.179 e. The minimum Gasteiger partial charge on any atom is -0.309 e. The number of anilines is 3. The van der Waals surface area contributed by atoms with E-state index in [9.17, 15) is 0 Å². The Bertz CT molecular complexity index is 3140. The second kappa shape index (κ2) is 14.2. The van der Waals surface area contributed by atoms with E-state index in [4.69, 9.17) is 9.97 Å². The van der Waals surface area contributed by atoms with Crippen LogP contribution >= 0.6 is 0 Å². The largest absolute Gasteiger partial charge is 0.309 e. The molecule has 0 unspecified atom stereocenters. The zero-order chi connectivity index (χ0) is 40.3. The summed E-state index contributed by atoms with van der Waals surface area (Å²) in [6, 6.07) is 75.5. The van der Waals surface area contributed by atoms with Crippen LogP contribution in [0.2, 0.25) is 0 Å². The second-order valence-corrected chi connectivity index (χ2v) is 20.0. The van der Waals surface area contributed by atoms with Crippen LogP contribution in [0.4, 0.5) is 17.2 Å². The lowest BCUT2D eigenvalue weighted by Crippen LogP contribution is -2.74. The first-order chi connectivity index (χ1) is 29.5. The Labute approximate surface area is 351 Å². The van der Waals surface area contributed by atoms with Crippen molar-refractivity contribution in [2.45, 2.75) is 19.3 Å². The molecule has 4 nitrogen and oxygen atoms in total. The van der Waals surface area contributed by atoms with Crippen molar-refractivity contribution in [2.24, 2.45) is 0 Å². The van der Waals surface area contributed by atoms with Crippen LogP contribution in [0.25, 0.3) is 38.8 Å². The third kappa shape index (κ3) is 5.43. The van der Waals surface area contributed by atoms with Gasteiger partial charge in [0, 0.05) is 56.6 Å². The van der Waals surface area contributed by atoms with E-state index >= 15 is 0 Å². The van der Waals surface area contributed by atoms with Gasteiger partial charge in [-0.05, 0) is 75.3 Å². The van der Waals surface area contributed by atoms with Crippen LogP contribution in [0, 0.1) is 0 Å². The molecule has 0 spiro atoms. The molecule has 4 heterocycles. The average molecular weight is 787 g/mol.